The average molecular weight is 286 g/mol. The number of rotatable bonds is 13. The molecular formula is C16H31O2P. The second-order valence-electron chi connectivity index (χ2n) is 6.02. The Morgan fingerprint density at radius 1 is 1.00 bits per heavy atom. The summed E-state index contributed by atoms with van der Waals surface area (Å²) in [6.07, 6.45) is 13.0. The quantitative estimate of drug-likeness (QED) is 0.295. The van der Waals surface area contributed by atoms with Crippen molar-refractivity contribution in [3.8, 4) is 0 Å². The first-order chi connectivity index (χ1) is 9.02. The fourth-order valence-corrected chi connectivity index (χ4v) is 4.48. The summed E-state index contributed by atoms with van der Waals surface area (Å²) >= 11 is 0. The van der Waals surface area contributed by atoms with E-state index >= 15 is 0 Å². The van der Waals surface area contributed by atoms with E-state index in [0.717, 1.165) is 19.0 Å². The Bertz CT molecular complexity index is 249. The molecule has 0 saturated heterocycles. The van der Waals surface area contributed by atoms with E-state index < -0.39 is 7.26 Å². The molecule has 2 nitrogen and oxygen atoms in total. The van der Waals surface area contributed by atoms with Gasteiger partial charge in [0.05, 0.1) is 6.16 Å². The van der Waals surface area contributed by atoms with Crippen LogP contribution in [0.4, 0.5) is 0 Å². The molecule has 0 aliphatic carbocycles. The van der Waals surface area contributed by atoms with Gasteiger partial charge in [-0.2, -0.15) is 0 Å². The van der Waals surface area contributed by atoms with E-state index in [2.05, 4.69) is 19.9 Å². The third-order valence-corrected chi connectivity index (χ3v) is 6.16. The third kappa shape index (κ3) is 12.6. The molecule has 0 heterocycles. The molecule has 0 atom stereocenters. The van der Waals surface area contributed by atoms with Gasteiger partial charge < -0.3 is 5.11 Å². The highest BCUT2D eigenvalue weighted by atomic mass is 31.2. The van der Waals surface area contributed by atoms with E-state index in [1.54, 1.807) is 0 Å². The first-order valence-electron chi connectivity index (χ1n) is 7.57. The fraction of sp³-hybridized carbons (Fsp3) is 0.812. The van der Waals surface area contributed by atoms with Crippen LogP contribution in [0.2, 0.25) is 0 Å². The highest BCUT2D eigenvalue weighted by Gasteiger charge is 2.26. The molecule has 3 heteroatoms. The van der Waals surface area contributed by atoms with Crippen molar-refractivity contribution >= 4 is 13.0 Å². The molecule has 0 aromatic carbocycles. The zero-order valence-electron chi connectivity index (χ0n) is 12.8. The number of hydrogen-bond donors (Lipinski definition) is 0. The zero-order valence-corrected chi connectivity index (χ0v) is 13.7. The largest absolute Gasteiger partial charge is 0.854 e. The van der Waals surface area contributed by atoms with Crippen molar-refractivity contribution in [2.24, 2.45) is 0 Å². The van der Waals surface area contributed by atoms with Crippen LogP contribution in [0.1, 0.15) is 51.4 Å². The summed E-state index contributed by atoms with van der Waals surface area (Å²) in [5.41, 5.74) is 0. The van der Waals surface area contributed by atoms with Crippen LogP contribution in [-0.2, 0) is 4.79 Å². The second-order valence-corrected chi connectivity index (χ2v) is 10.7. The highest BCUT2D eigenvalue weighted by Crippen LogP contribution is 2.51. The monoisotopic (exact) mass is 286 g/mol. The highest BCUT2D eigenvalue weighted by molar-refractivity contribution is 7.75. The van der Waals surface area contributed by atoms with Gasteiger partial charge in [-0.05, 0) is 18.9 Å². The lowest BCUT2D eigenvalue weighted by atomic mass is 10.1. The van der Waals surface area contributed by atoms with Gasteiger partial charge in [-0.15, -0.1) is 6.61 Å². The Labute approximate surface area is 120 Å². The predicted octanol–water partition coefficient (Wildman–Crippen LogP) is 3.50. The lowest BCUT2D eigenvalue weighted by Gasteiger charge is -2.16. The summed E-state index contributed by atoms with van der Waals surface area (Å²) in [6.45, 7) is 8.18. The Kier molecular flexibility index (Phi) is 11.5. The average Bonchev–Trinajstić information content (AvgIpc) is 2.36. The molecule has 0 aromatic heterocycles. The van der Waals surface area contributed by atoms with E-state index in [4.69, 9.17) is 0 Å². The molecule has 0 bridgehead atoms. The molecular weight excluding hydrogens is 255 g/mol. The van der Waals surface area contributed by atoms with Crippen molar-refractivity contribution in [2.45, 2.75) is 51.4 Å². The molecule has 0 saturated carbocycles. The van der Waals surface area contributed by atoms with Crippen LogP contribution in [0.5, 0.6) is 0 Å². The van der Waals surface area contributed by atoms with Crippen molar-refractivity contribution < 1.29 is 9.90 Å². The minimum Gasteiger partial charge on any atom is -0.854 e. The molecule has 0 amide bonds. The van der Waals surface area contributed by atoms with Gasteiger partial charge in [0.2, 0.25) is 0 Å². The predicted molar refractivity (Wildman–Crippen MR) is 85.5 cm³/mol. The van der Waals surface area contributed by atoms with E-state index in [1.807, 2.05) is 0 Å². The maximum atomic E-state index is 11.4. The van der Waals surface area contributed by atoms with Crippen LogP contribution in [0.25, 0.3) is 0 Å². The minimum atomic E-state index is -1.04. The summed E-state index contributed by atoms with van der Waals surface area (Å²) < 4.78 is 0. The lowest BCUT2D eigenvalue weighted by molar-refractivity contribution is -0.368. The molecule has 0 spiro atoms. The van der Waals surface area contributed by atoms with Gasteiger partial charge in [-0.3, -0.25) is 4.79 Å². The molecule has 0 unspecified atom stereocenters. The first kappa shape index (κ1) is 18.8. The van der Waals surface area contributed by atoms with Crippen molar-refractivity contribution in [1.29, 1.82) is 0 Å². The van der Waals surface area contributed by atoms with Gasteiger partial charge in [-0.1, -0.05) is 45.1 Å². The molecule has 112 valence electrons. The molecule has 0 aliphatic heterocycles. The van der Waals surface area contributed by atoms with Crippen molar-refractivity contribution in [3.05, 3.63) is 12.7 Å². The Morgan fingerprint density at radius 2 is 1.47 bits per heavy atom. The summed E-state index contributed by atoms with van der Waals surface area (Å²) in [4.78, 5) is 11.4. The van der Waals surface area contributed by atoms with Gasteiger partial charge in [0.25, 0.3) is 0 Å². The Hall–Kier alpha value is -0.200. The van der Waals surface area contributed by atoms with Crippen LogP contribution in [0.15, 0.2) is 12.7 Å². The molecule has 0 rings (SSSR count). The van der Waals surface area contributed by atoms with Crippen LogP contribution in [0.3, 0.4) is 0 Å². The second kappa shape index (κ2) is 11.6. The number of ketones is 1. The van der Waals surface area contributed by atoms with Crippen LogP contribution >= 0.6 is 7.26 Å². The standard InChI is InChI=1S/C16H31O2P/c1-4-16(18)15-19(2,3)14-12-10-8-6-5-7-9-11-13-17/h4H,1,5-15H2,2-3H3. The van der Waals surface area contributed by atoms with Gasteiger partial charge in [-0.25, -0.2) is 0 Å². The normalized spacial score (nSPS) is 11.5. The first-order valence-corrected chi connectivity index (χ1v) is 10.6. The van der Waals surface area contributed by atoms with Crippen LogP contribution in [0, 0.1) is 0 Å². The van der Waals surface area contributed by atoms with Gasteiger partial charge in [0, 0.05) is 20.6 Å². The number of allylic oxidation sites excluding steroid dienone is 1. The number of unbranched alkanes of at least 4 members (excludes halogenated alkanes) is 7. The summed E-state index contributed by atoms with van der Waals surface area (Å²) in [7, 11) is -1.04. The summed E-state index contributed by atoms with van der Waals surface area (Å²) in [5.74, 6) is 0.205. The maximum Gasteiger partial charge on any atom is 0.192 e. The topological polar surface area (TPSA) is 40.1 Å². The van der Waals surface area contributed by atoms with Crippen molar-refractivity contribution in [3.63, 3.8) is 0 Å². The van der Waals surface area contributed by atoms with E-state index in [1.165, 1.54) is 50.8 Å². The van der Waals surface area contributed by atoms with E-state index in [0.29, 0.717) is 0 Å². The molecule has 0 aromatic rings. The van der Waals surface area contributed by atoms with Crippen LogP contribution < -0.4 is 5.11 Å². The van der Waals surface area contributed by atoms with Gasteiger partial charge >= 0.3 is 0 Å². The molecule has 0 N–H and O–H groups in total. The summed E-state index contributed by atoms with van der Waals surface area (Å²) in [6, 6.07) is 0. The van der Waals surface area contributed by atoms with Crippen LogP contribution in [-0.4, -0.2) is 38.0 Å². The summed E-state index contributed by atoms with van der Waals surface area (Å²) in [5, 5.41) is 10.3. The number of hydrogen-bond acceptors (Lipinski definition) is 2. The van der Waals surface area contributed by atoms with E-state index in [9.17, 15) is 9.90 Å². The van der Waals surface area contributed by atoms with Gasteiger partial charge in [0.1, 0.15) is 6.16 Å². The number of carbonyl (C=O) groups is 1. The fourth-order valence-electron chi connectivity index (χ4n) is 2.27. The van der Waals surface area contributed by atoms with E-state index in [-0.39, 0.29) is 12.4 Å². The zero-order chi connectivity index (χ0) is 14.6. The maximum absolute atomic E-state index is 11.4. The smallest absolute Gasteiger partial charge is 0.192 e. The SMILES string of the molecule is C=CC(=O)C[P+](C)(C)CCCCCCCCCC[O-]. The number of carbonyl (C=O) groups excluding carboxylic acids is 1. The molecule has 0 aliphatic rings. The lowest BCUT2D eigenvalue weighted by Crippen LogP contribution is -2.08. The van der Waals surface area contributed by atoms with Crippen molar-refractivity contribution in [1.82, 2.24) is 0 Å². The Morgan fingerprint density at radius 3 is 1.95 bits per heavy atom. The van der Waals surface area contributed by atoms with Crippen molar-refractivity contribution in [2.75, 3.05) is 32.3 Å². The minimum absolute atomic E-state index is 0.0855. The molecule has 19 heavy (non-hydrogen) atoms. The molecule has 0 fully saturated rings. The molecule has 0 radical (unpaired) electrons. The Balaban J connectivity index is 3.42. The third-order valence-electron chi connectivity index (χ3n) is 3.47. The van der Waals surface area contributed by atoms with Gasteiger partial charge in [0.15, 0.2) is 5.78 Å².